The Kier molecular flexibility index (Phi) is 6.06. The molecule has 1 aliphatic carbocycles. The van der Waals surface area contributed by atoms with Crippen LogP contribution in [0.5, 0.6) is 11.5 Å². The minimum atomic E-state index is -0.920. The Morgan fingerprint density at radius 1 is 1.08 bits per heavy atom. The van der Waals surface area contributed by atoms with Gasteiger partial charge in [-0.05, 0) is 56.9 Å². The quantitative estimate of drug-likeness (QED) is 0.294. The molecule has 0 spiro atoms. The monoisotopic (exact) mass is 531 g/mol. The maximum Gasteiger partial charge on any atom is 0.163 e. The van der Waals surface area contributed by atoms with Gasteiger partial charge in [-0.25, -0.2) is 9.50 Å². The van der Waals surface area contributed by atoms with Crippen LogP contribution in [0.4, 0.5) is 0 Å². The van der Waals surface area contributed by atoms with Gasteiger partial charge in [0.2, 0.25) is 0 Å². The Balaban J connectivity index is 1.26. The summed E-state index contributed by atoms with van der Waals surface area (Å²) in [5.74, 6) is 1.24. The van der Waals surface area contributed by atoms with Gasteiger partial charge in [-0.2, -0.15) is 5.10 Å². The van der Waals surface area contributed by atoms with E-state index in [-0.39, 0.29) is 5.54 Å². The van der Waals surface area contributed by atoms with Gasteiger partial charge in [0.25, 0.3) is 0 Å². The van der Waals surface area contributed by atoms with Crippen molar-refractivity contribution in [3.63, 3.8) is 0 Å². The van der Waals surface area contributed by atoms with Crippen LogP contribution in [0, 0.1) is 6.92 Å². The number of halogens is 1. The van der Waals surface area contributed by atoms with Crippen LogP contribution in [0.1, 0.15) is 42.0 Å². The zero-order valence-electron chi connectivity index (χ0n) is 21.8. The van der Waals surface area contributed by atoms with Gasteiger partial charge in [0.05, 0.1) is 36.5 Å². The number of benzene rings is 2. The van der Waals surface area contributed by atoms with Crippen molar-refractivity contribution >= 4 is 28.2 Å². The third kappa shape index (κ3) is 4.18. The molecule has 2 aromatic carbocycles. The van der Waals surface area contributed by atoms with Gasteiger partial charge >= 0.3 is 0 Å². The van der Waals surface area contributed by atoms with E-state index < -0.39 is 6.23 Å². The number of methoxy groups -OCH3 is 2. The molecule has 0 aliphatic heterocycles. The molecule has 3 heterocycles. The molecule has 2 unspecified atom stereocenters. The second kappa shape index (κ2) is 9.31. The molecule has 6 rings (SSSR count). The first kappa shape index (κ1) is 24.7. The van der Waals surface area contributed by atoms with E-state index in [4.69, 9.17) is 26.2 Å². The molecule has 3 aromatic heterocycles. The predicted molar refractivity (Wildman–Crippen MR) is 148 cm³/mol. The van der Waals surface area contributed by atoms with E-state index in [2.05, 4.69) is 42.5 Å². The normalized spacial score (nSPS) is 18.1. The molecular weight excluding hydrogens is 502 g/mol. The largest absolute Gasteiger partial charge is 0.493 e. The Morgan fingerprint density at radius 3 is 2.63 bits per heavy atom. The van der Waals surface area contributed by atoms with Gasteiger partial charge in [-0.3, -0.25) is 9.88 Å². The van der Waals surface area contributed by atoms with E-state index in [1.165, 1.54) is 11.1 Å². The molecule has 38 heavy (non-hydrogen) atoms. The van der Waals surface area contributed by atoms with Crippen LogP contribution in [-0.2, 0) is 12.8 Å². The van der Waals surface area contributed by atoms with E-state index in [0.717, 1.165) is 47.2 Å². The summed E-state index contributed by atoms with van der Waals surface area (Å²) in [5.41, 5.74) is 7.45. The summed E-state index contributed by atoms with van der Waals surface area (Å²) in [5, 5.41) is 19.9. The Labute approximate surface area is 225 Å². The maximum absolute atomic E-state index is 11.2. The third-order valence-corrected chi connectivity index (χ3v) is 7.87. The topological polar surface area (TPSA) is 85.8 Å². The summed E-state index contributed by atoms with van der Waals surface area (Å²) in [6, 6.07) is 13.6. The van der Waals surface area contributed by atoms with Gasteiger partial charge < -0.3 is 14.6 Å². The highest BCUT2D eigenvalue weighted by atomic mass is 35.5. The molecule has 8 nitrogen and oxygen atoms in total. The predicted octanol–water partition coefficient (Wildman–Crippen LogP) is 5.18. The van der Waals surface area contributed by atoms with Crippen molar-refractivity contribution in [2.45, 2.75) is 44.9 Å². The number of nitrogens with one attached hydrogen (secondary N) is 1. The lowest BCUT2D eigenvalue weighted by atomic mass is 9.81. The molecule has 0 fully saturated rings. The number of pyridine rings is 1. The van der Waals surface area contributed by atoms with Crippen LogP contribution in [-0.4, -0.2) is 44.0 Å². The molecule has 0 radical (unpaired) electrons. The number of nitrogens with zero attached hydrogens (tertiary/aromatic N) is 4. The Hall–Kier alpha value is -3.59. The average molecular weight is 532 g/mol. The smallest absolute Gasteiger partial charge is 0.163 e. The van der Waals surface area contributed by atoms with Crippen LogP contribution in [0.2, 0.25) is 5.02 Å². The van der Waals surface area contributed by atoms with Crippen LogP contribution in [0.25, 0.3) is 22.2 Å². The first-order valence-electron chi connectivity index (χ1n) is 12.6. The van der Waals surface area contributed by atoms with Crippen molar-refractivity contribution in [3.05, 3.63) is 82.4 Å². The standard InChI is InChI=1S/C29H30ClN5O3/c1-17-5-8-24-20-14-29(2,10-9-22(20)33-35(24)15-17)32-28(36)19-7-6-18(11-21(19)30)34-16-31-23-12-26(37-3)27(38-4)13-25(23)34/h5-8,11-13,15-16,28,32,36H,9-10,14H2,1-4H3. The maximum atomic E-state index is 11.2. The van der Waals surface area contributed by atoms with Crippen LogP contribution >= 0.6 is 11.6 Å². The van der Waals surface area contributed by atoms with E-state index >= 15 is 0 Å². The first-order valence-corrected chi connectivity index (χ1v) is 13.0. The highest BCUT2D eigenvalue weighted by molar-refractivity contribution is 6.31. The average Bonchev–Trinajstić information content (AvgIpc) is 3.47. The SMILES string of the molecule is COc1cc2ncn(-c3ccc(C(O)NC4(C)CCc5nn6cc(C)ccc6c5C4)c(Cl)c3)c2cc1OC. The molecule has 9 heteroatoms. The highest BCUT2D eigenvalue weighted by Gasteiger charge is 2.34. The van der Waals surface area contributed by atoms with E-state index in [9.17, 15) is 5.11 Å². The summed E-state index contributed by atoms with van der Waals surface area (Å²) in [4.78, 5) is 4.51. The molecule has 0 amide bonds. The summed E-state index contributed by atoms with van der Waals surface area (Å²) < 4.78 is 14.8. The second-order valence-corrected chi connectivity index (χ2v) is 10.7. The van der Waals surface area contributed by atoms with Gasteiger partial charge in [-0.1, -0.05) is 23.7 Å². The summed E-state index contributed by atoms with van der Waals surface area (Å²) >= 11 is 6.73. The second-order valence-electron chi connectivity index (χ2n) is 10.3. The van der Waals surface area contributed by atoms with Crippen LogP contribution in [0.15, 0.2) is 55.0 Å². The lowest BCUT2D eigenvalue weighted by Crippen LogP contribution is -2.48. The van der Waals surface area contributed by atoms with Crippen molar-refractivity contribution in [2.24, 2.45) is 0 Å². The van der Waals surface area contributed by atoms with Crippen molar-refractivity contribution in [1.29, 1.82) is 0 Å². The minimum absolute atomic E-state index is 0.307. The summed E-state index contributed by atoms with van der Waals surface area (Å²) in [7, 11) is 3.21. The number of aliphatic hydroxyl groups excluding tert-OH is 1. The van der Waals surface area contributed by atoms with E-state index in [0.29, 0.717) is 22.1 Å². The molecule has 5 aromatic rings. The molecule has 1 aliphatic rings. The zero-order valence-corrected chi connectivity index (χ0v) is 22.6. The fourth-order valence-corrected chi connectivity index (χ4v) is 5.76. The van der Waals surface area contributed by atoms with Crippen LogP contribution in [0.3, 0.4) is 0 Å². The third-order valence-electron chi connectivity index (χ3n) is 7.54. The number of imidazole rings is 1. The van der Waals surface area contributed by atoms with Gasteiger partial charge in [0.15, 0.2) is 11.5 Å². The molecule has 2 N–H and O–H groups in total. The molecule has 0 bridgehead atoms. The number of rotatable bonds is 6. The summed E-state index contributed by atoms with van der Waals surface area (Å²) in [6.07, 6.45) is 5.36. The first-order chi connectivity index (χ1) is 18.3. The molecule has 2 atom stereocenters. The number of hydrogen-bond acceptors (Lipinski definition) is 6. The number of aromatic nitrogens is 4. The molecule has 0 saturated heterocycles. The number of hydrogen-bond donors (Lipinski definition) is 2. The van der Waals surface area contributed by atoms with Crippen molar-refractivity contribution in [2.75, 3.05) is 14.2 Å². The molecule has 196 valence electrons. The Bertz CT molecular complexity index is 1680. The number of aryl methyl sites for hydroxylation is 2. The molecule has 0 saturated carbocycles. The van der Waals surface area contributed by atoms with Crippen molar-refractivity contribution in [1.82, 2.24) is 24.5 Å². The van der Waals surface area contributed by atoms with Gasteiger partial charge in [0.1, 0.15) is 12.6 Å². The van der Waals surface area contributed by atoms with Crippen LogP contribution < -0.4 is 14.8 Å². The van der Waals surface area contributed by atoms with Crippen molar-refractivity contribution in [3.8, 4) is 17.2 Å². The lowest BCUT2D eigenvalue weighted by Gasteiger charge is -2.36. The fraction of sp³-hybridized carbons (Fsp3) is 0.310. The fourth-order valence-electron chi connectivity index (χ4n) is 5.48. The van der Waals surface area contributed by atoms with E-state index in [1.54, 1.807) is 20.5 Å². The van der Waals surface area contributed by atoms with Gasteiger partial charge in [-0.15, -0.1) is 0 Å². The zero-order chi connectivity index (χ0) is 26.6. The summed E-state index contributed by atoms with van der Waals surface area (Å²) in [6.45, 7) is 4.22. The molecular formula is C29H30ClN5O3. The van der Waals surface area contributed by atoms with E-state index in [1.807, 2.05) is 39.4 Å². The number of ether oxygens (including phenoxy) is 2. The number of fused-ring (bicyclic) bond motifs is 4. The number of aliphatic hydroxyl groups is 1. The van der Waals surface area contributed by atoms with Gasteiger partial charge in [0, 0.05) is 45.7 Å². The Morgan fingerprint density at radius 2 is 1.87 bits per heavy atom. The lowest BCUT2D eigenvalue weighted by molar-refractivity contribution is 0.0899. The highest BCUT2D eigenvalue weighted by Crippen LogP contribution is 2.36. The minimum Gasteiger partial charge on any atom is -0.493 e. The van der Waals surface area contributed by atoms with Crippen molar-refractivity contribution < 1.29 is 14.6 Å².